The molecule has 1 radical (unpaired) electrons. The standard InChI is InChI=1S/C12H15O2/c1-2-7-13-11-6-5-10-4-3-8-14-12(10)9-11/h5-6,8-9H,2-4,7H2,1H3. The van der Waals surface area contributed by atoms with E-state index in [9.17, 15) is 0 Å². The van der Waals surface area contributed by atoms with Crippen LogP contribution in [-0.2, 0) is 6.42 Å². The van der Waals surface area contributed by atoms with E-state index < -0.39 is 0 Å². The molecule has 1 aromatic carbocycles. The molecule has 1 aliphatic heterocycles. The zero-order chi connectivity index (χ0) is 9.80. The molecular formula is C12H15O2. The lowest BCUT2D eigenvalue weighted by Crippen LogP contribution is -2.04. The molecular weight excluding hydrogens is 176 g/mol. The van der Waals surface area contributed by atoms with Crippen molar-refractivity contribution >= 4 is 0 Å². The molecule has 2 nitrogen and oxygen atoms in total. The Labute approximate surface area is 84.8 Å². The number of fused-ring (bicyclic) bond motifs is 1. The molecule has 0 aromatic heterocycles. The molecule has 0 aliphatic carbocycles. The molecule has 1 heterocycles. The molecule has 0 saturated carbocycles. The monoisotopic (exact) mass is 191 g/mol. The minimum atomic E-state index is 0.766. The third-order valence-corrected chi connectivity index (χ3v) is 2.25. The summed E-state index contributed by atoms with van der Waals surface area (Å²) < 4.78 is 11.0. The van der Waals surface area contributed by atoms with Crippen molar-refractivity contribution in [2.24, 2.45) is 0 Å². The molecule has 0 unspecified atom stereocenters. The van der Waals surface area contributed by atoms with Gasteiger partial charge in [-0.15, -0.1) is 0 Å². The van der Waals surface area contributed by atoms with Gasteiger partial charge in [-0.2, -0.15) is 0 Å². The largest absolute Gasteiger partial charge is 0.493 e. The first kappa shape index (κ1) is 9.38. The van der Waals surface area contributed by atoms with Gasteiger partial charge in [0.2, 0.25) is 0 Å². The average molecular weight is 191 g/mol. The van der Waals surface area contributed by atoms with E-state index in [2.05, 4.69) is 13.0 Å². The normalized spacial score (nSPS) is 14.4. The molecule has 1 aliphatic rings. The highest BCUT2D eigenvalue weighted by molar-refractivity contribution is 5.42. The quantitative estimate of drug-likeness (QED) is 0.731. The number of ether oxygens (including phenoxy) is 2. The van der Waals surface area contributed by atoms with Gasteiger partial charge in [0.15, 0.2) is 0 Å². The molecule has 0 N–H and O–H groups in total. The summed E-state index contributed by atoms with van der Waals surface area (Å²) in [5, 5.41) is 0. The maximum atomic E-state index is 5.53. The Morgan fingerprint density at radius 2 is 2.36 bits per heavy atom. The molecule has 2 heteroatoms. The summed E-state index contributed by atoms with van der Waals surface area (Å²) in [6, 6.07) is 6.08. The van der Waals surface area contributed by atoms with Crippen LogP contribution < -0.4 is 9.47 Å². The fourth-order valence-corrected chi connectivity index (χ4v) is 1.52. The fraction of sp³-hybridized carbons (Fsp3) is 0.417. The summed E-state index contributed by atoms with van der Waals surface area (Å²) in [6.45, 7) is 4.72. The first-order valence-electron chi connectivity index (χ1n) is 5.14. The number of rotatable bonds is 3. The Kier molecular flexibility index (Phi) is 2.92. The topological polar surface area (TPSA) is 18.5 Å². The van der Waals surface area contributed by atoms with Crippen LogP contribution >= 0.6 is 0 Å². The van der Waals surface area contributed by atoms with Crippen LogP contribution in [0.4, 0.5) is 0 Å². The molecule has 0 bridgehead atoms. The number of benzene rings is 1. The van der Waals surface area contributed by atoms with E-state index in [-0.39, 0.29) is 0 Å². The molecule has 0 saturated heterocycles. The Bertz CT molecular complexity index is 307. The van der Waals surface area contributed by atoms with E-state index >= 15 is 0 Å². The lowest BCUT2D eigenvalue weighted by atomic mass is 10.1. The van der Waals surface area contributed by atoms with Crippen molar-refractivity contribution in [1.82, 2.24) is 0 Å². The summed E-state index contributed by atoms with van der Waals surface area (Å²) in [4.78, 5) is 0. The van der Waals surface area contributed by atoms with Gasteiger partial charge >= 0.3 is 0 Å². The first-order valence-corrected chi connectivity index (χ1v) is 5.14. The summed E-state index contributed by atoms with van der Waals surface area (Å²) in [6.07, 6.45) is 3.11. The zero-order valence-corrected chi connectivity index (χ0v) is 8.45. The number of hydrogen-bond acceptors (Lipinski definition) is 2. The van der Waals surface area contributed by atoms with Gasteiger partial charge in [-0.05, 0) is 30.9 Å². The van der Waals surface area contributed by atoms with Crippen molar-refractivity contribution in [2.75, 3.05) is 6.61 Å². The van der Waals surface area contributed by atoms with Crippen molar-refractivity contribution in [3.05, 3.63) is 30.4 Å². The predicted octanol–water partition coefficient (Wildman–Crippen LogP) is 2.96. The van der Waals surface area contributed by atoms with Crippen molar-refractivity contribution < 1.29 is 9.47 Å². The van der Waals surface area contributed by atoms with Gasteiger partial charge in [0, 0.05) is 6.07 Å². The maximum Gasteiger partial charge on any atom is 0.136 e. The lowest BCUT2D eigenvalue weighted by molar-refractivity contribution is 0.311. The lowest BCUT2D eigenvalue weighted by Gasteiger charge is -2.17. The van der Waals surface area contributed by atoms with Crippen molar-refractivity contribution in [3.8, 4) is 11.5 Å². The molecule has 1 aromatic rings. The predicted molar refractivity (Wildman–Crippen MR) is 55.5 cm³/mol. The minimum Gasteiger partial charge on any atom is -0.493 e. The maximum absolute atomic E-state index is 5.53. The van der Waals surface area contributed by atoms with E-state index in [1.807, 2.05) is 18.7 Å². The van der Waals surface area contributed by atoms with Gasteiger partial charge < -0.3 is 9.47 Å². The molecule has 2 rings (SSSR count). The van der Waals surface area contributed by atoms with Crippen LogP contribution in [0.2, 0.25) is 0 Å². The van der Waals surface area contributed by atoms with Crippen LogP contribution in [-0.4, -0.2) is 6.61 Å². The molecule has 0 amide bonds. The van der Waals surface area contributed by atoms with Gasteiger partial charge in [0.25, 0.3) is 0 Å². The highest BCUT2D eigenvalue weighted by Crippen LogP contribution is 2.30. The Morgan fingerprint density at radius 1 is 1.43 bits per heavy atom. The molecule has 0 atom stereocenters. The van der Waals surface area contributed by atoms with E-state index in [1.165, 1.54) is 5.56 Å². The molecule has 0 fully saturated rings. The highest BCUT2D eigenvalue weighted by Gasteiger charge is 2.11. The fourth-order valence-electron chi connectivity index (χ4n) is 1.52. The summed E-state index contributed by atoms with van der Waals surface area (Å²) in [7, 11) is 0. The van der Waals surface area contributed by atoms with E-state index in [1.54, 1.807) is 0 Å². The smallest absolute Gasteiger partial charge is 0.136 e. The third-order valence-electron chi connectivity index (χ3n) is 2.25. The second kappa shape index (κ2) is 4.36. The minimum absolute atomic E-state index is 0.766. The Morgan fingerprint density at radius 3 is 3.21 bits per heavy atom. The van der Waals surface area contributed by atoms with Gasteiger partial charge in [0.1, 0.15) is 18.1 Å². The van der Waals surface area contributed by atoms with E-state index in [0.717, 1.165) is 37.4 Å². The summed E-state index contributed by atoms with van der Waals surface area (Å²) in [5.41, 5.74) is 1.27. The Balaban J connectivity index is 2.12. The van der Waals surface area contributed by atoms with Crippen LogP contribution in [0.3, 0.4) is 0 Å². The van der Waals surface area contributed by atoms with E-state index in [4.69, 9.17) is 9.47 Å². The van der Waals surface area contributed by atoms with Gasteiger partial charge in [-0.3, -0.25) is 0 Å². The van der Waals surface area contributed by atoms with Crippen LogP contribution in [0.15, 0.2) is 18.2 Å². The van der Waals surface area contributed by atoms with Gasteiger partial charge in [-0.1, -0.05) is 13.0 Å². The van der Waals surface area contributed by atoms with Crippen molar-refractivity contribution in [2.45, 2.75) is 26.2 Å². The van der Waals surface area contributed by atoms with Crippen molar-refractivity contribution in [3.63, 3.8) is 0 Å². The van der Waals surface area contributed by atoms with Crippen LogP contribution in [0, 0.1) is 6.61 Å². The second-order valence-corrected chi connectivity index (χ2v) is 3.44. The molecule has 0 spiro atoms. The third kappa shape index (κ3) is 2.00. The van der Waals surface area contributed by atoms with E-state index in [0.29, 0.717) is 0 Å². The van der Waals surface area contributed by atoms with Gasteiger partial charge in [-0.25, -0.2) is 0 Å². The molecule has 14 heavy (non-hydrogen) atoms. The second-order valence-electron chi connectivity index (χ2n) is 3.44. The van der Waals surface area contributed by atoms with Crippen LogP contribution in [0.1, 0.15) is 25.3 Å². The molecule has 75 valence electrons. The SMILES string of the molecule is CCCOc1ccc2c(c1)O[CH]CC2. The van der Waals surface area contributed by atoms with Gasteiger partial charge in [0.05, 0.1) is 6.61 Å². The zero-order valence-electron chi connectivity index (χ0n) is 8.45. The first-order chi connectivity index (χ1) is 6.90. The average Bonchev–Trinajstić information content (AvgIpc) is 2.26. The van der Waals surface area contributed by atoms with Crippen LogP contribution in [0.5, 0.6) is 11.5 Å². The van der Waals surface area contributed by atoms with Crippen molar-refractivity contribution in [1.29, 1.82) is 0 Å². The Hall–Kier alpha value is -1.18. The van der Waals surface area contributed by atoms with Crippen LogP contribution in [0.25, 0.3) is 0 Å². The summed E-state index contributed by atoms with van der Waals surface area (Å²) >= 11 is 0. The highest BCUT2D eigenvalue weighted by atomic mass is 16.5. The number of aryl methyl sites for hydroxylation is 1. The number of hydrogen-bond donors (Lipinski definition) is 0. The summed E-state index contributed by atoms with van der Waals surface area (Å²) in [5.74, 6) is 1.85.